The van der Waals surface area contributed by atoms with E-state index in [1.165, 1.54) is 0 Å². The van der Waals surface area contributed by atoms with Crippen molar-refractivity contribution in [1.82, 2.24) is 0 Å². The number of aliphatic hydroxyl groups excluding tert-OH is 1. The van der Waals surface area contributed by atoms with Crippen molar-refractivity contribution in [2.24, 2.45) is 0 Å². The van der Waals surface area contributed by atoms with Gasteiger partial charge in [-0.05, 0) is 6.92 Å². The third-order valence-electron chi connectivity index (χ3n) is 1.52. The number of rotatable bonds is 4. The van der Waals surface area contributed by atoms with Crippen molar-refractivity contribution in [1.29, 1.82) is 0 Å². The number of epoxide rings is 1. The highest BCUT2D eigenvalue weighted by molar-refractivity contribution is 5.86. The molecule has 1 saturated heterocycles. The highest BCUT2D eigenvalue weighted by atomic mass is 16.6. The third-order valence-corrected chi connectivity index (χ3v) is 1.52. The molecule has 0 saturated carbocycles. The standard InChI is InChI=1S/C8H12O4/c1-5(2)8(10)12-3-6(9)7-4-11-7/h6-7,9H,1,3-4H2,2H3. The molecule has 1 fully saturated rings. The first-order valence-corrected chi connectivity index (χ1v) is 3.73. The maximum Gasteiger partial charge on any atom is 0.333 e. The number of carbonyl (C=O) groups is 1. The number of ether oxygens (including phenoxy) is 2. The largest absolute Gasteiger partial charge is 0.459 e. The summed E-state index contributed by atoms with van der Waals surface area (Å²) < 4.78 is 9.50. The molecule has 4 heteroatoms. The molecule has 1 aliphatic heterocycles. The molecule has 1 rings (SSSR count). The Morgan fingerprint density at radius 3 is 2.92 bits per heavy atom. The molecule has 1 heterocycles. The van der Waals surface area contributed by atoms with Gasteiger partial charge in [0.1, 0.15) is 18.8 Å². The quantitative estimate of drug-likeness (QED) is 0.364. The number of carbonyl (C=O) groups excluding carboxylic acids is 1. The van der Waals surface area contributed by atoms with Gasteiger partial charge in [-0.1, -0.05) is 6.58 Å². The minimum absolute atomic E-state index is 0.0175. The van der Waals surface area contributed by atoms with Crippen LogP contribution in [0.4, 0.5) is 0 Å². The fraction of sp³-hybridized carbons (Fsp3) is 0.625. The normalized spacial score (nSPS) is 23.0. The van der Waals surface area contributed by atoms with Gasteiger partial charge >= 0.3 is 5.97 Å². The molecule has 0 aromatic heterocycles. The van der Waals surface area contributed by atoms with E-state index in [9.17, 15) is 9.90 Å². The average Bonchev–Trinajstić information content (AvgIpc) is 2.81. The zero-order valence-electron chi connectivity index (χ0n) is 6.95. The summed E-state index contributed by atoms with van der Waals surface area (Å²) in [6.07, 6.45) is -0.851. The molecule has 0 spiro atoms. The van der Waals surface area contributed by atoms with Crippen molar-refractivity contribution in [3.05, 3.63) is 12.2 Å². The lowest BCUT2D eigenvalue weighted by atomic mass is 10.3. The molecule has 0 bridgehead atoms. The lowest BCUT2D eigenvalue weighted by molar-refractivity contribution is -0.142. The van der Waals surface area contributed by atoms with E-state index in [0.717, 1.165) is 0 Å². The summed E-state index contributed by atoms with van der Waals surface area (Å²) in [5.74, 6) is -0.477. The minimum Gasteiger partial charge on any atom is -0.459 e. The van der Waals surface area contributed by atoms with Crippen LogP contribution in [0.2, 0.25) is 0 Å². The summed E-state index contributed by atoms with van der Waals surface area (Å²) in [4.78, 5) is 10.8. The Hall–Kier alpha value is -0.870. The first-order chi connectivity index (χ1) is 5.61. The van der Waals surface area contributed by atoms with E-state index in [0.29, 0.717) is 12.2 Å². The highest BCUT2D eigenvalue weighted by Crippen LogP contribution is 2.14. The smallest absolute Gasteiger partial charge is 0.333 e. The molecule has 68 valence electrons. The molecule has 12 heavy (non-hydrogen) atoms. The predicted molar refractivity (Wildman–Crippen MR) is 41.5 cm³/mol. The molecule has 0 radical (unpaired) electrons. The van der Waals surface area contributed by atoms with E-state index in [2.05, 4.69) is 6.58 Å². The second-order valence-electron chi connectivity index (χ2n) is 2.82. The van der Waals surface area contributed by atoms with Crippen LogP contribution in [0.1, 0.15) is 6.92 Å². The molecule has 1 aliphatic rings. The van der Waals surface area contributed by atoms with E-state index in [-0.39, 0.29) is 12.7 Å². The number of aliphatic hydroxyl groups is 1. The van der Waals surface area contributed by atoms with Gasteiger partial charge in [0.2, 0.25) is 0 Å². The van der Waals surface area contributed by atoms with Crippen LogP contribution in [-0.4, -0.2) is 36.5 Å². The highest BCUT2D eigenvalue weighted by Gasteiger charge is 2.32. The molecular weight excluding hydrogens is 160 g/mol. The maximum atomic E-state index is 10.8. The average molecular weight is 172 g/mol. The van der Waals surface area contributed by atoms with Crippen LogP contribution in [0.3, 0.4) is 0 Å². The first kappa shape index (κ1) is 9.22. The second kappa shape index (κ2) is 3.69. The van der Waals surface area contributed by atoms with Crippen molar-refractivity contribution in [3.8, 4) is 0 Å². The van der Waals surface area contributed by atoms with Crippen LogP contribution >= 0.6 is 0 Å². The van der Waals surface area contributed by atoms with Gasteiger partial charge in [0.05, 0.1) is 6.61 Å². The lowest BCUT2D eigenvalue weighted by Crippen LogP contribution is -2.23. The zero-order valence-corrected chi connectivity index (χ0v) is 6.95. The summed E-state index contributed by atoms with van der Waals surface area (Å²) in [6.45, 7) is 5.49. The van der Waals surface area contributed by atoms with Crippen LogP contribution < -0.4 is 0 Å². The minimum atomic E-state index is -0.701. The van der Waals surface area contributed by atoms with Gasteiger partial charge in [-0.15, -0.1) is 0 Å². The molecule has 2 unspecified atom stereocenters. The van der Waals surface area contributed by atoms with Gasteiger partial charge in [-0.25, -0.2) is 4.79 Å². The Morgan fingerprint density at radius 1 is 1.92 bits per heavy atom. The fourth-order valence-electron chi connectivity index (χ4n) is 0.669. The van der Waals surface area contributed by atoms with Crippen molar-refractivity contribution in [2.75, 3.05) is 13.2 Å². The molecule has 0 aromatic rings. The van der Waals surface area contributed by atoms with Crippen LogP contribution in [0, 0.1) is 0 Å². The SMILES string of the molecule is C=C(C)C(=O)OCC(O)C1CO1. The molecule has 0 amide bonds. The summed E-state index contributed by atoms with van der Waals surface area (Å²) >= 11 is 0. The van der Waals surface area contributed by atoms with Gasteiger partial charge in [0, 0.05) is 5.57 Å². The summed E-state index contributed by atoms with van der Waals surface area (Å²) in [5.41, 5.74) is 0.332. The van der Waals surface area contributed by atoms with Crippen LogP contribution in [0.25, 0.3) is 0 Å². The van der Waals surface area contributed by atoms with Crippen LogP contribution in [-0.2, 0) is 14.3 Å². The number of hydrogen-bond acceptors (Lipinski definition) is 4. The monoisotopic (exact) mass is 172 g/mol. The Labute approximate surface area is 70.8 Å². The van der Waals surface area contributed by atoms with Gasteiger partial charge in [-0.3, -0.25) is 0 Å². The topological polar surface area (TPSA) is 59.1 Å². The van der Waals surface area contributed by atoms with E-state index in [1.54, 1.807) is 6.92 Å². The zero-order chi connectivity index (χ0) is 9.14. The van der Waals surface area contributed by atoms with E-state index in [4.69, 9.17) is 9.47 Å². The second-order valence-corrected chi connectivity index (χ2v) is 2.82. The van der Waals surface area contributed by atoms with Crippen LogP contribution in [0.5, 0.6) is 0 Å². The third kappa shape index (κ3) is 2.64. The molecule has 2 atom stereocenters. The van der Waals surface area contributed by atoms with E-state index >= 15 is 0 Å². The predicted octanol–water partition coefficient (Wildman–Crippen LogP) is -0.135. The molecule has 0 aliphatic carbocycles. The Bertz CT molecular complexity index is 195. The molecule has 0 aromatic carbocycles. The van der Waals surface area contributed by atoms with Crippen LogP contribution in [0.15, 0.2) is 12.2 Å². The Morgan fingerprint density at radius 2 is 2.50 bits per heavy atom. The van der Waals surface area contributed by atoms with Crippen molar-refractivity contribution < 1.29 is 19.4 Å². The lowest BCUT2D eigenvalue weighted by Gasteiger charge is -2.07. The number of hydrogen-bond donors (Lipinski definition) is 1. The first-order valence-electron chi connectivity index (χ1n) is 3.73. The van der Waals surface area contributed by atoms with Gasteiger partial charge in [0.25, 0.3) is 0 Å². The maximum absolute atomic E-state index is 10.8. The van der Waals surface area contributed by atoms with E-state index < -0.39 is 12.1 Å². The van der Waals surface area contributed by atoms with Gasteiger partial charge in [-0.2, -0.15) is 0 Å². The molecular formula is C8H12O4. The van der Waals surface area contributed by atoms with Gasteiger partial charge < -0.3 is 14.6 Å². The van der Waals surface area contributed by atoms with Crippen molar-refractivity contribution in [3.63, 3.8) is 0 Å². The summed E-state index contributed by atoms with van der Waals surface area (Å²) in [6, 6.07) is 0. The Kier molecular flexibility index (Phi) is 2.83. The molecule has 4 nitrogen and oxygen atoms in total. The number of esters is 1. The summed E-state index contributed by atoms with van der Waals surface area (Å²) in [5, 5.41) is 9.19. The Balaban J connectivity index is 2.15. The summed E-state index contributed by atoms with van der Waals surface area (Å²) in [7, 11) is 0. The molecule has 1 N–H and O–H groups in total. The van der Waals surface area contributed by atoms with Gasteiger partial charge in [0.15, 0.2) is 0 Å². The van der Waals surface area contributed by atoms with Crippen molar-refractivity contribution >= 4 is 5.97 Å². The van der Waals surface area contributed by atoms with E-state index in [1.807, 2.05) is 0 Å². The fourth-order valence-corrected chi connectivity index (χ4v) is 0.669. The van der Waals surface area contributed by atoms with Crippen molar-refractivity contribution in [2.45, 2.75) is 19.1 Å².